The van der Waals surface area contributed by atoms with Gasteiger partial charge in [0.2, 0.25) is 0 Å². The number of amides is 1. The van der Waals surface area contributed by atoms with Crippen molar-refractivity contribution in [2.75, 3.05) is 19.6 Å². The molecule has 3 fully saturated rings. The highest BCUT2D eigenvalue weighted by Gasteiger charge is 2.59. The summed E-state index contributed by atoms with van der Waals surface area (Å²) in [6, 6.07) is 0. The van der Waals surface area contributed by atoms with Gasteiger partial charge in [0.1, 0.15) is 11.4 Å². The summed E-state index contributed by atoms with van der Waals surface area (Å²) < 4.78 is 0. The fourth-order valence-electron chi connectivity index (χ4n) is 4.35. The van der Waals surface area contributed by atoms with Crippen LogP contribution in [0.2, 0.25) is 0 Å². The second-order valence-electron chi connectivity index (χ2n) is 6.86. The van der Waals surface area contributed by atoms with Crippen molar-refractivity contribution in [1.82, 2.24) is 10.2 Å². The van der Waals surface area contributed by atoms with Gasteiger partial charge in [0.15, 0.2) is 0 Å². The van der Waals surface area contributed by atoms with Crippen molar-refractivity contribution in [3.63, 3.8) is 0 Å². The lowest BCUT2D eigenvalue weighted by molar-refractivity contribution is -0.125. The van der Waals surface area contributed by atoms with Gasteiger partial charge in [-0.3, -0.25) is 9.79 Å². The van der Waals surface area contributed by atoms with Crippen molar-refractivity contribution in [3.8, 4) is 0 Å². The Hall–Kier alpha value is -0.900. The van der Waals surface area contributed by atoms with Crippen LogP contribution in [0.4, 0.5) is 0 Å². The average Bonchev–Trinajstić information content (AvgIpc) is 2.88. The van der Waals surface area contributed by atoms with Crippen LogP contribution in [0.25, 0.3) is 0 Å². The van der Waals surface area contributed by atoms with E-state index in [-0.39, 0.29) is 5.91 Å². The van der Waals surface area contributed by atoms with Gasteiger partial charge in [-0.1, -0.05) is 6.92 Å². The lowest BCUT2D eigenvalue weighted by Crippen LogP contribution is -2.44. The Bertz CT molecular complexity index is 443. The highest BCUT2D eigenvalue weighted by atomic mass is 16.2. The fraction of sp³-hybridized carbons (Fsp3) is 0.867. The standard InChI is InChI=1S/C15H23N3O/c1-2-13-16-14(19)15(17-13)6-5-11-8-18(9-12(11)15)7-10-3-4-10/h10-12H,2-9H2,1H3,(H,16,17,19)/t11-,12+,15-/m1/s1. The predicted molar refractivity (Wildman–Crippen MR) is 74.0 cm³/mol. The molecule has 0 aromatic carbocycles. The van der Waals surface area contributed by atoms with E-state index in [2.05, 4.69) is 17.1 Å². The van der Waals surface area contributed by atoms with Gasteiger partial charge < -0.3 is 10.2 Å². The molecular weight excluding hydrogens is 238 g/mol. The Kier molecular flexibility index (Phi) is 2.53. The van der Waals surface area contributed by atoms with Crippen LogP contribution in [-0.2, 0) is 4.79 Å². The number of rotatable bonds is 3. The molecule has 1 spiro atoms. The Morgan fingerprint density at radius 1 is 1.37 bits per heavy atom. The molecule has 19 heavy (non-hydrogen) atoms. The highest BCUT2D eigenvalue weighted by Crippen LogP contribution is 2.49. The Balaban J connectivity index is 1.55. The largest absolute Gasteiger partial charge is 0.312 e. The molecule has 4 heteroatoms. The molecule has 4 rings (SSSR count). The molecule has 0 radical (unpaired) electrons. The van der Waals surface area contributed by atoms with Gasteiger partial charge in [-0.25, -0.2) is 0 Å². The third-order valence-electron chi connectivity index (χ3n) is 5.56. The SMILES string of the molecule is CCC1=N[C@@]2(CC[C@@H]3CN(CC4CC4)C[C@@H]32)C(=O)N1. The van der Waals surface area contributed by atoms with Crippen LogP contribution in [-0.4, -0.2) is 41.8 Å². The first-order valence-electron chi connectivity index (χ1n) is 7.84. The van der Waals surface area contributed by atoms with Crippen LogP contribution in [0.5, 0.6) is 0 Å². The van der Waals surface area contributed by atoms with E-state index >= 15 is 0 Å². The molecular formula is C15H23N3O. The van der Waals surface area contributed by atoms with Crippen LogP contribution in [0.15, 0.2) is 4.99 Å². The third-order valence-corrected chi connectivity index (χ3v) is 5.56. The van der Waals surface area contributed by atoms with Crippen molar-refractivity contribution in [1.29, 1.82) is 0 Å². The molecule has 3 atom stereocenters. The molecule has 4 nitrogen and oxygen atoms in total. The zero-order valence-electron chi connectivity index (χ0n) is 11.7. The molecule has 1 N–H and O–H groups in total. The molecule has 104 valence electrons. The number of carbonyl (C=O) groups excluding carboxylic acids is 1. The lowest BCUT2D eigenvalue weighted by Gasteiger charge is -2.25. The van der Waals surface area contributed by atoms with Gasteiger partial charge in [-0.15, -0.1) is 0 Å². The second kappa shape index (κ2) is 4.05. The van der Waals surface area contributed by atoms with E-state index in [1.54, 1.807) is 0 Å². The number of nitrogens with one attached hydrogen (secondary N) is 1. The highest BCUT2D eigenvalue weighted by molar-refractivity contribution is 6.08. The summed E-state index contributed by atoms with van der Waals surface area (Å²) in [5, 5.41) is 3.01. The van der Waals surface area contributed by atoms with E-state index < -0.39 is 5.54 Å². The Morgan fingerprint density at radius 2 is 2.21 bits per heavy atom. The summed E-state index contributed by atoms with van der Waals surface area (Å²) in [5.74, 6) is 3.21. The van der Waals surface area contributed by atoms with E-state index in [1.165, 1.54) is 32.4 Å². The molecule has 2 aliphatic carbocycles. The summed E-state index contributed by atoms with van der Waals surface area (Å²) in [6.07, 6.45) is 5.82. The van der Waals surface area contributed by atoms with Crippen molar-refractivity contribution < 1.29 is 4.79 Å². The van der Waals surface area contributed by atoms with Crippen molar-refractivity contribution >= 4 is 11.7 Å². The summed E-state index contributed by atoms with van der Waals surface area (Å²) in [5.41, 5.74) is -0.395. The maximum absolute atomic E-state index is 12.4. The molecule has 0 aromatic rings. The first kappa shape index (κ1) is 11.9. The van der Waals surface area contributed by atoms with E-state index in [1.807, 2.05) is 0 Å². The monoisotopic (exact) mass is 261 g/mol. The quantitative estimate of drug-likeness (QED) is 0.835. The van der Waals surface area contributed by atoms with Crippen LogP contribution in [0, 0.1) is 17.8 Å². The van der Waals surface area contributed by atoms with Crippen LogP contribution in [0.1, 0.15) is 39.0 Å². The van der Waals surface area contributed by atoms with Gasteiger partial charge in [0.25, 0.3) is 5.91 Å². The topological polar surface area (TPSA) is 44.7 Å². The average molecular weight is 261 g/mol. The molecule has 1 saturated heterocycles. The van der Waals surface area contributed by atoms with Crippen molar-refractivity contribution in [2.45, 2.75) is 44.6 Å². The smallest absolute Gasteiger partial charge is 0.253 e. The van der Waals surface area contributed by atoms with E-state index in [0.29, 0.717) is 11.8 Å². The summed E-state index contributed by atoms with van der Waals surface area (Å²) in [4.78, 5) is 19.8. The number of amidine groups is 1. The minimum Gasteiger partial charge on any atom is -0.312 e. The number of aliphatic imine (C=N–C) groups is 1. The normalized spacial score (nSPS) is 41.7. The summed E-state index contributed by atoms with van der Waals surface area (Å²) in [6.45, 7) is 5.62. The third kappa shape index (κ3) is 1.76. The molecule has 0 bridgehead atoms. The number of likely N-dealkylation sites (tertiary alicyclic amines) is 1. The summed E-state index contributed by atoms with van der Waals surface area (Å²) >= 11 is 0. The maximum Gasteiger partial charge on any atom is 0.253 e. The van der Waals surface area contributed by atoms with Crippen molar-refractivity contribution in [2.24, 2.45) is 22.7 Å². The maximum atomic E-state index is 12.4. The number of nitrogens with zero attached hydrogens (tertiary/aromatic N) is 2. The van der Waals surface area contributed by atoms with Crippen LogP contribution < -0.4 is 5.32 Å². The van der Waals surface area contributed by atoms with Crippen LogP contribution >= 0.6 is 0 Å². The predicted octanol–water partition coefficient (Wildman–Crippen LogP) is 1.42. The van der Waals surface area contributed by atoms with Crippen molar-refractivity contribution in [3.05, 3.63) is 0 Å². The first-order chi connectivity index (χ1) is 9.21. The van der Waals surface area contributed by atoms with Gasteiger partial charge >= 0.3 is 0 Å². The minimum atomic E-state index is -0.395. The molecule has 4 aliphatic rings. The Morgan fingerprint density at radius 3 is 2.89 bits per heavy atom. The number of hydrogen-bond donors (Lipinski definition) is 1. The Labute approximate surface area is 114 Å². The zero-order chi connectivity index (χ0) is 13.0. The first-order valence-corrected chi connectivity index (χ1v) is 7.84. The van der Waals surface area contributed by atoms with E-state index in [9.17, 15) is 4.79 Å². The van der Waals surface area contributed by atoms with Gasteiger partial charge in [0, 0.05) is 32.0 Å². The van der Waals surface area contributed by atoms with E-state index in [0.717, 1.165) is 31.1 Å². The minimum absolute atomic E-state index is 0.185. The molecule has 1 amide bonds. The van der Waals surface area contributed by atoms with Gasteiger partial charge in [0.05, 0.1) is 0 Å². The van der Waals surface area contributed by atoms with Gasteiger partial charge in [-0.2, -0.15) is 0 Å². The molecule has 0 unspecified atom stereocenters. The number of carbonyl (C=O) groups is 1. The van der Waals surface area contributed by atoms with Crippen LogP contribution in [0.3, 0.4) is 0 Å². The fourth-order valence-corrected chi connectivity index (χ4v) is 4.35. The summed E-state index contributed by atoms with van der Waals surface area (Å²) in [7, 11) is 0. The molecule has 2 aliphatic heterocycles. The number of hydrogen-bond acceptors (Lipinski definition) is 3. The lowest BCUT2D eigenvalue weighted by atomic mass is 9.85. The van der Waals surface area contributed by atoms with Gasteiger partial charge in [-0.05, 0) is 37.5 Å². The molecule has 2 saturated carbocycles. The molecule has 0 aromatic heterocycles. The van der Waals surface area contributed by atoms with E-state index in [4.69, 9.17) is 4.99 Å². The second-order valence-corrected chi connectivity index (χ2v) is 6.86. The number of fused-ring (bicyclic) bond motifs is 2. The zero-order valence-corrected chi connectivity index (χ0v) is 11.7. The molecule has 2 heterocycles.